The van der Waals surface area contributed by atoms with E-state index in [1.54, 1.807) is 57.2 Å². The molecular formula is C27H33Cl2N3O6. The smallest absolute Gasteiger partial charge is 0.347 e. The predicted octanol–water partition coefficient (Wildman–Crippen LogP) is 4.77. The van der Waals surface area contributed by atoms with Crippen molar-refractivity contribution in [1.29, 1.82) is 0 Å². The van der Waals surface area contributed by atoms with Gasteiger partial charge in [-0.25, -0.2) is 10.2 Å². The number of carbonyl (C=O) groups is 3. The van der Waals surface area contributed by atoms with Gasteiger partial charge in [-0.05, 0) is 81.1 Å². The lowest BCUT2D eigenvalue weighted by molar-refractivity contribution is -0.150. The molecule has 206 valence electrons. The van der Waals surface area contributed by atoms with Crippen LogP contribution in [0.1, 0.15) is 46.6 Å². The van der Waals surface area contributed by atoms with Gasteiger partial charge < -0.3 is 19.5 Å². The monoisotopic (exact) mass is 565 g/mol. The molecule has 0 bridgehead atoms. The maximum Gasteiger partial charge on any atom is 0.347 e. The summed E-state index contributed by atoms with van der Waals surface area (Å²) < 4.78 is 16.1. The highest BCUT2D eigenvalue weighted by atomic mass is 35.5. The van der Waals surface area contributed by atoms with Gasteiger partial charge in [-0.3, -0.25) is 9.59 Å². The Morgan fingerprint density at radius 1 is 0.947 bits per heavy atom. The molecule has 3 atom stereocenters. The van der Waals surface area contributed by atoms with Gasteiger partial charge >= 0.3 is 5.97 Å². The van der Waals surface area contributed by atoms with Crippen LogP contribution in [-0.2, 0) is 19.1 Å². The highest BCUT2D eigenvalue weighted by molar-refractivity contribution is 6.35. The number of halogens is 2. The summed E-state index contributed by atoms with van der Waals surface area (Å²) >= 11 is 12.0. The normalized spacial score (nSPS) is 13.5. The van der Waals surface area contributed by atoms with Gasteiger partial charge in [0.1, 0.15) is 17.5 Å². The van der Waals surface area contributed by atoms with Crippen LogP contribution in [0.5, 0.6) is 11.5 Å². The van der Waals surface area contributed by atoms with Gasteiger partial charge in [0.2, 0.25) is 0 Å². The van der Waals surface area contributed by atoms with E-state index < -0.39 is 36.0 Å². The lowest BCUT2D eigenvalue weighted by Crippen LogP contribution is -2.49. The van der Waals surface area contributed by atoms with Crippen molar-refractivity contribution in [3.05, 3.63) is 58.1 Å². The van der Waals surface area contributed by atoms with E-state index in [-0.39, 0.29) is 17.5 Å². The molecule has 0 aliphatic rings. The van der Waals surface area contributed by atoms with E-state index in [9.17, 15) is 14.4 Å². The zero-order valence-electron chi connectivity index (χ0n) is 22.0. The van der Waals surface area contributed by atoms with Gasteiger partial charge in [0.05, 0.1) is 17.8 Å². The van der Waals surface area contributed by atoms with E-state index in [2.05, 4.69) is 15.8 Å². The van der Waals surface area contributed by atoms with E-state index in [4.69, 9.17) is 37.4 Å². The SMILES string of the molecule is CCOC(=O)[C@H](C)Oc1ccc(/C=N\NC(=O)[C@H](CC(C)C)NC(=O)[C@H](C)Oc2ccc(Cl)cc2Cl)cc1. The Balaban J connectivity index is 1.95. The van der Waals surface area contributed by atoms with E-state index in [1.165, 1.54) is 12.3 Å². The number of carbonyl (C=O) groups excluding carboxylic acids is 3. The third-order valence-corrected chi connectivity index (χ3v) is 5.64. The Bertz CT molecular complexity index is 1120. The number of hydrazone groups is 1. The molecule has 9 nitrogen and oxygen atoms in total. The van der Waals surface area contributed by atoms with Crippen molar-refractivity contribution >= 4 is 47.2 Å². The van der Waals surface area contributed by atoms with Gasteiger partial charge in [0.15, 0.2) is 12.2 Å². The summed E-state index contributed by atoms with van der Waals surface area (Å²) in [7, 11) is 0. The number of amides is 2. The number of nitrogens with one attached hydrogen (secondary N) is 2. The average molecular weight is 566 g/mol. The van der Waals surface area contributed by atoms with Crippen molar-refractivity contribution in [3.8, 4) is 11.5 Å². The second-order valence-electron chi connectivity index (χ2n) is 8.84. The second-order valence-corrected chi connectivity index (χ2v) is 9.68. The summed E-state index contributed by atoms with van der Waals surface area (Å²) in [6.45, 7) is 9.05. The van der Waals surface area contributed by atoms with E-state index >= 15 is 0 Å². The molecule has 2 aromatic carbocycles. The Kier molecular flexibility index (Phi) is 12.4. The van der Waals surface area contributed by atoms with Crippen molar-refractivity contribution in [2.45, 2.75) is 59.3 Å². The zero-order valence-corrected chi connectivity index (χ0v) is 23.5. The van der Waals surface area contributed by atoms with Crippen LogP contribution in [0.15, 0.2) is 47.6 Å². The fourth-order valence-corrected chi connectivity index (χ4v) is 3.65. The number of hydrogen-bond donors (Lipinski definition) is 2. The van der Waals surface area contributed by atoms with Crippen LogP contribution in [-0.4, -0.2) is 48.9 Å². The molecule has 0 spiro atoms. The average Bonchev–Trinajstić information content (AvgIpc) is 2.86. The maximum atomic E-state index is 12.8. The van der Waals surface area contributed by atoms with E-state index in [0.29, 0.717) is 28.5 Å². The molecule has 2 aromatic rings. The van der Waals surface area contributed by atoms with Crippen LogP contribution in [0.2, 0.25) is 10.0 Å². The fourth-order valence-electron chi connectivity index (χ4n) is 3.20. The topological polar surface area (TPSA) is 115 Å². The first-order valence-electron chi connectivity index (χ1n) is 12.2. The zero-order chi connectivity index (χ0) is 28.2. The highest BCUT2D eigenvalue weighted by Crippen LogP contribution is 2.28. The molecule has 38 heavy (non-hydrogen) atoms. The predicted molar refractivity (Wildman–Crippen MR) is 147 cm³/mol. The Labute approximate surface area is 232 Å². The van der Waals surface area contributed by atoms with Crippen LogP contribution >= 0.6 is 23.2 Å². The van der Waals surface area contributed by atoms with Crippen LogP contribution in [0.4, 0.5) is 0 Å². The molecule has 0 aromatic heterocycles. The number of rotatable bonds is 13. The number of hydrogen-bond acceptors (Lipinski definition) is 7. The number of nitrogens with zero attached hydrogens (tertiary/aromatic N) is 1. The molecule has 0 aliphatic carbocycles. The maximum absolute atomic E-state index is 12.8. The number of esters is 1. The van der Waals surface area contributed by atoms with Crippen LogP contribution in [0.25, 0.3) is 0 Å². The second kappa shape index (κ2) is 15.2. The van der Waals surface area contributed by atoms with E-state index in [0.717, 1.165) is 0 Å². The molecule has 0 unspecified atom stereocenters. The number of ether oxygens (including phenoxy) is 3. The third kappa shape index (κ3) is 10.2. The summed E-state index contributed by atoms with van der Waals surface area (Å²) in [6, 6.07) is 10.7. The molecule has 0 radical (unpaired) electrons. The molecule has 2 amide bonds. The summed E-state index contributed by atoms with van der Waals surface area (Å²) in [6.07, 6.45) is 0.204. The first-order valence-corrected chi connectivity index (χ1v) is 12.9. The van der Waals surface area contributed by atoms with Crippen molar-refractivity contribution in [2.24, 2.45) is 11.0 Å². The summed E-state index contributed by atoms with van der Waals surface area (Å²) in [5, 5.41) is 7.44. The van der Waals surface area contributed by atoms with Crippen molar-refractivity contribution in [1.82, 2.24) is 10.7 Å². The van der Waals surface area contributed by atoms with E-state index in [1.807, 2.05) is 13.8 Å². The first kappa shape index (κ1) is 30.9. The molecule has 11 heteroatoms. The van der Waals surface area contributed by atoms with Crippen LogP contribution < -0.4 is 20.2 Å². The molecule has 0 heterocycles. The number of benzene rings is 2. The quantitative estimate of drug-likeness (QED) is 0.205. The Morgan fingerprint density at radius 3 is 2.24 bits per heavy atom. The van der Waals surface area contributed by atoms with Gasteiger partial charge in [-0.2, -0.15) is 5.10 Å². The van der Waals surface area contributed by atoms with Crippen molar-refractivity contribution in [2.75, 3.05) is 6.61 Å². The summed E-state index contributed by atoms with van der Waals surface area (Å²) in [5.41, 5.74) is 3.16. The fraction of sp³-hybridized carbons (Fsp3) is 0.407. The minimum absolute atomic E-state index is 0.126. The lowest BCUT2D eigenvalue weighted by atomic mass is 10.0. The Morgan fingerprint density at radius 2 is 1.63 bits per heavy atom. The van der Waals surface area contributed by atoms with Crippen molar-refractivity contribution in [3.63, 3.8) is 0 Å². The standard InChI is InChI=1S/C27H33Cl2N3O6/c1-6-36-27(35)18(5)37-21-10-7-19(8-11-21)15-30-32-26(34)23(13-16(2)3)31-25(33)17(4)38-24-12-9-20(28)14-22(24)29/h7-12,14-18,23H,6,13H2,1-5H3,(H,31,33)(H,32,34)/b30-15-/t17-,18-,23-/m0/s1. The molecular weight excluding hydrogens is 533 g/mol. The largest absolute Gasteiger partial charge is 0.479 e. The molecule has 0 saturated carbocycles. The van der Waals surface area contributed by atoms with Crippen molar-refractivity contribution < 1.29 is 28.6 Å². The van der Waals surface area contributed by atoms with Gasteiger partial charge in [0, 0.05) is 5.02 Å². The molecule has 0 saturated heterocycles. The molecule has 0 fully saturated rings. The summed E-state index contributed by atoms with van der Waals surface area (Å²) in [5.74, 6) is -0.473. The molecule has 2 N–H and O–H groups in total. The minimum Gasteiger partial charge on any atom is -0.479 e. The first-order chi connectivity index (χ1) is 18.0. The molecule has 2 rings (SSSR count). The van der Waals surface area contributed by atoms with Gasteiger partial charge in [0.25, 0.3) is 11.8 Å². The van der Waals surface area contributed by atoms with Gasteiger partial charge in [-0.1, -0.05) is 37.0 Å². The minimum atomic E-state index is -0.910. The van der Waals surface area contributed by atoms with Crippen LogP contribution in [0.3, 0.4) is 0 Å². The highest BCUT2D eigenvalue weighted by Gasteiger charge is 2.25. The summed E-state index contributed by atoms with van der Waals surface area (Å²) in [4.78, 5) is 37.2. The molecule has 0 aliphatic heterocycles. The lowest BCUT2D eigenvalue weighted by Gasteiger charge is -2.22. The third-order valence-electron chi connectivity index (χ3n) is 5.11. The van der Waals surface area contributed by atoms with Crippen LogP contribution in [0, 0.1) is 5.92 Å². The van der Waals surface area contributed by atoms with Gasteiger partial charge in [-0.15, -0.1) is 0 Å². The Hall–Kier alpha value is -3.30.